The Morgan fingerprint density at radius 1 is 1.32 bits per heavy atom. The van der Waals surface area contributed by atoms with E-state index in [1.165, 1.54) is 19.2 Å². The first kappa shape index (κ1) is 14.7. The summed E-state index contributed by atoms with van der Waals surface area (Å²) in [6.45, 7) is 1.60. The van der Waals surface area contributed by atoms with E-state index < -0.39 is 23.8 Å². The van der Waals surface area contributed by atoms with Gasteiger partial charge in [-0.1, -0.05) is 19.1 Å². The lowest BCUT2D eigenvalue weighted by Gasteiger charge is -2.13. The Bertz CT molecular complexity index is 498. The minimum absolute atomic E-state index is 0.168. The van der Waals surface area contributed by atoms with E-state index in [1.54, 1.807) is 19.1 Å². The molecule has 1 rings (SSSR count). The van der Waals surface area contributed by atoms with Gasteiger partial charge >= 0.3 is 11.9 Å². The smallest absolute Gasteiger partial charge is 0.339 e. The van der Waals surface area contributed by atoms with E-state index in [0.717, 1.165) is 0 Å². The van der Waals surface area contributed by atoms with E-state index in [-0.39, 0.29) is 17.7 Å². The summed E-state index contributed by atoms with van der Waals surface area (Å²) in [4.78, 5) is 34.2. The third-order valence-corrected chi connectivity index (χ3v) is 2.61. The number of carbonyl (C=O) groups excluding carboxylic acids is 2. The third-order valence-electron chi connectivity index (χ3n) is 2.61. The number of nitrogens with one attached hydrogen (secondary N) is 1. The lowest BCUT2D eigenvalue weighted by Crippen LogP contribution is -2.29. The van der Waals surface area contributed by atoms with Crippen molar-refractivity contribution in [1.29, 1.82) is 0 Å². The molecule has 6 nitrogen and oxygen atoms in total. The summed E-state index contributed by atoms with van der Waals surface area (Å²) in [7, 11) is 1.23. The highest BCUT2D eigenvalue weighted by Crippen LogP contribution is 2.17. The van der Waals surface area contributed by atoms with Crippen LogP contribution < -0.4 is 5.32 Å². The number of para-hydroxylation sites is 1. The molecule has 1 atom stereocenters. The van der Waals surface area contributed by atoms with Gasteiger partial charge in [-0.05, 0) is 18.6 Å². The van der Waals surface area contributed by atoms with Crippen LogP contribution in [0.1, 0.15) is 23.7 Å². The largest absolute Gasteiger partial charge is 0.481 e. The molecular weight excluding hydrogens is 250 g/mol. The van der Waals surface area contributed by atoms with Gasteiger partial charge in [-0.3, -0.25) is 9.59 Å². The van der Waals surface area contributed by atoms with Crippen molar-refractivity contribution in [3.8, 4) is 0 Å². The fourth-order valence-electron chi connectivity index (χ4n) is 1.57. The molecule has 2 N–H and O–H groups in total. The second-order valence-electron chi connectivity index (χ2n) is 3.83. The fourth-order valence-corrected chi connectivity index (χ4v) is 1.57. The highest BCUT2D eigenvalue weighted by Gasteiger charge is 2.25. The molecule has 0 aromatic heterocycles. The number of anilines is 1. The molecule has 1 amide bonds. The molecule has 0 heterocycles. The maximum absolute atomic E-state index is 11.8. The number of esters is 1. The minimum Gasteiger partial charge on any atom is -0.481 e. The lowest BCUT2D eigenvalue weighted by molar-refractivity contribution is -0.145. The van der Waals surface area contributed by atoms with Crippen LogP contribution in [0.4, 0.5) is 5.69 Å². The molecule has 0 fully saturated rings. The van der Waals surface area contributed by atoms with Crippen LogP contribution in [0.25, 0.3) is 0 Å². The van der Waals surface area contributed by atoms with Crippen molar-refractivity contribution in [1.82, 2.24) is 0 Å². The molecule has 0 aliphatic carbocycles. The van der Waals surface area contributed by atoms with Crippen LogP contribution in [-0.4, -0.2) is 30.1 Å². The van der Waals surface area contributed by atoms with Crippen LogP contribution in [0.5, 0.6) is 0 Å². The predicted molar refractivity (Wildman–Crippen MR) is 67.8 cm³/mol. The first-order chi connectivity index (χ1) is 9.01. The van der Waals surface area contributed by atoms with Gasteiger partial charge in [-0.15, -0.1) is 0 Å². The van der Waals surface area contributed by atoms with Gasteiger partial charge in [0.1, 0.15) is 5.92 Å². The Morgan fingerprint density at radius 3 is 2.47 bits per heavy atom. The number of amides is 1. The average molecular weight is 265 g/mol. The Kier molecular flexibility index (Phi) is 5.05. The first-order valence-corrected chi connectivity index (χ1v) is 5.72. The molecule has 1 aromatic rings. The topological polar surface area (TPSA) is 92.7 Å². The normalized spacial score (nSPS) is 11.5. The highest BCUT2D eigenvalue weighted by molar-refractivity contribution is 6.07. The molecule has 0 saturated carbocycles. The lowest BCUT2D eigenvalue weighted by atomic mass is 10.1. The molecule has 0 aliphatic rings. The summed E-state index contributed by atoms with van der Waals surface area (Å²) < 4.78 is 4.59. The zero-order chi connectivity index (χ0) is 14.4. The molecule has 19 heavy (non-hydrogen) atoms. The van der Waals surface area contributed by atoms with Gasteiger partial charge in [-0.2, -0.15) is 0 Å². The molecule has 6 heteroatoms. The SMILES string of the molecule is CCC(C(=O)O)C(=O)Nc1ccccc1C(=O)OC. The van der Waals surface area contributed by atoms with E-state index >= 15 is 0 Å². The Balaban J connectivity index is 2.96. The van der Waals surface area contributed by atoms with E-state index in [2.05, 4.69) is 10.1 Å². The van der Waals surface area contributed by atoms with E-state index in [4.69, 9.17) is 5.11 Å². The van der Waals surface area contributed by atoms with Crippen molar-refractivity contribution in [3.05, 3.63) is 29.8 Å². The number of carbonyl (C=O) groups is 3. The number of aliphatic carboxylic acids is 1. The zero-order valence-electron chi connectivity index (χ0n) is 10.7. The van der Waals surface area contributed by atoms with Gasteiger partial charge in [-0.25, -0.2) is 4.79 Å². The Hall–Kier alpha value is -2.37. The van der Waals surface area contributed by atoms with Gasteiger partial charge < -0.3 is 15.2 Å². The predicted octanol–water partition coefficient (Wildman–Crippen LogP) is 1.52. The van der Waals surface area contributed by atoms with Gasteiger partial charge in [0.2, 0.25) is 5.91 Å². The van der Waals surface area contributed by atoms with E-state index in [0.29, 0.717) is 0 Å². The number of rotatable bonds is 5. The number of hydrogen-bond acceptors (Lipinski definition) is 4. The third kappa shape index (κ3) is 3.54. The number of benzene rings is 1. The summed E-state index contributed by atoms with van der Waals surface area (Å²) >= 11 is 0. The average Bonchev–Trinajstić information content (AvgIpc) is 2.38. The molecule has 0 saturated heterocycles. The number of ether oxygens (including phenoxy) is 1. The van der Waals surface area contributed by atoms with Crippen molar-refractivity contribution in [2.75, 3.05) is 12.4 Å². The van der Waals surface area contributed by atoms with Crippen LogP contribution in [0.2, 0.25) is 0 Å². The minimum atomic E-state index is -1.20. The Labute approximate surface area is 110 Å². The zero-order valence-corrected chi connectivity index (χ0v) is 10.7. The second kappa shape index (κ2) is 6.53. The fraction of sp³-hybridized carbons (Fsp3) is 0.308. The van der Waals surface area contributed by atoms with E-state index in [1.807, 2.05) is 0 Å². The van der Waals surface area contributed by atoms with Gasteiger partial charge in [0.25, 0.3) is 0 Å². The molecule has 0 bridgehead atoms. The molecule has 0 spiro atoms. The molecule has 0 aliphatic heterocycles. The maximum Gasteiger partial charge on any atom is 0.339 e. The van der Waals surface area contributed by atoms with Crippen molar-refractivity contribution >= 4 is 23.5 Å². The molecule has 102 valence electrons. The number of methoxy groups -OCH3 is 1. The number of hydrogen-bond donors (Lipinski definition) is 2. The van der Waals surface area contributed by atoms with Gasteiger partial charge in [0, 0.05) is 0 Å². The molecule has 0 radical (unpaired) electrons. The van der Waals surface area contributed by atoms with Crippen LogP contribution in [-0.2, 0) is 14.3 Å². The van der Waals surface area contributed by atoms with Crippen molar-refractivity contribution in [3.63, 3.8) is 0 Å². The molecule has 1 unspecified atom stereocenters. The maximum atomic E-state index is 11.8. The summed E-state index contributed by atoms with van der Waals surface area (Å²) in [6, 6.07) is 6.25. The van der Waals surface area contributed by atoms with E-state index in [9.17, 15) is 14.4 Å². The molecule has 1 aromatic carbocycles. The van der Waals surface area contributed by atoms with Crippen LogP contribution >= 0.6 is 0 Å². The molecular formula is C13H15NO5. The number of carboxylic acids is 1. The second-order valence-corrected chi connectivity index (χ2v) is 3.83. The standard InChI is InChI=1S/C13H15NO5/c1-3-8(12(16)17)11(15)14-10-7-5-4-6-9(10)13(18)19-2/h4-8H,3H2,1-2H3,(H,14,15)(H,16,17). The monoisotopic (exact) mass is 265 g/mol. The van der Waals surface area contributed by atoms with Gasteiger partial charge in [0.15, 0.2) is 0 Å². The van der Waals surface area contributed by atoms with Gasteiger partial charge in [0.05, 0.1) is 18.4 Å². The van der Waals surface area contributed by atoms with Crippen molar-refractivity contribution in [2.24, 2.45) is 5.92 Å². The van der Waals surface area contributed by atoms with Crippen molar-refractivity contribution < 1.29 is 24.2 Å². The summed E-state index contributed by atoms with van der Waals surface area (Å²) in [5, 5.41) is 11.3. The van der Waals surface area contributed by atoms with Crippen LogP contribution in [0.15, 0.2) is 24.3 Å². The summed E-state index contributed by atoms with van der Waals surface area (Å²) in [5.41, 5.74) is 0.414. The summed E-state index contributed by atoms with van der Waals surface area (Å²) in [6.07, 6.45) is 0.168. The first-order valence-electron chi connectivity index (χ1n) is 5.72. The quantitative estimate of drug-likeness (QED) is 0.622. The number of carboxylic acid groups (broad SMARTS) is 1. The van der Waals surface area contributed by atoms with Crippen LogP contribution in [0.3, 0.4) is 0 Å². The van der Waals surface area contributed by atoms with Crippen LogP contribution in [0, 0.1) is 5.92 Å². The summed E-state index contributed by atoms with van der Waals surface area (Å²) in [5.74, 6) is -3.60. The van der Waals surface area contributed by atoms with Crippen molar-refractivity contribution in [2.45, 2.75) is 13.3 Å². The Morgan fingerprint density at radius 2 is 1.95 bits per heavy atom. The highest BCUT2D eigenvalue weighted by atomic mass is 16.5.